The zero-order chi connectivity index (χ0) is 16.4. The minimum absolute atomic E-state index is 0.0900. The predicted octanol–water partition coefficient (Wildman–Crippen LogP) is 3.98. The standard InChI is InChI=1S/C12H6Cl2N2O5S/c13-9-3-1-7(5-11(9)15(17)18)22(21)8-2-4-10(14)12(6-8)16(19)20/h1-6H. The summed E-state index contributed by atoms with van der Waals surface area (Å²) < 4.78 is 12.4. The molecule has 0 aliphatic rings. The van der Waals surface area contributed by atoms with Crippen LogP contribution in [0.5, 0.6) is 0 Å². The Kier molecular flexibility index (Phi) is 4.74. The fourth-order valence-corrected chi connectivity index (χ4v) is 3.10. The Balaban J connectivity index is 2.49. The second-order valence-corrected chi connectivity index (χ2v) is 6.30. The molecule has 0 aromatic heterocycles. The number of halogens is 2. The van der Waals surface area contributed by atoms with Gasteiger partial charge >= 0.3 is 0 Å². The third-order valence-corrected chi connectivity index (χ3v) is 4.66. The summed E-state index contributed by atoms with van der Waals surface area (Å²) in [6.07, 6.45) is 0. The summed E-state index contributed by atoms with van der Waals surface area (Å²) in [6, 6.07) is 7.34. The van der Waals surface area contributed by atoms with E-state index in [2.05, 4.69) is 0 Å². The number of rotatable bonds is 4. The fraction of sp³-hybridized carbons (Fsp3) is 0. The first-order valence-electron chi connectivity index (χ1n) is 5.61. The first-order valence-corrected chi connectivity index (χ1v) is 7.51. The zero-order valence-electron chi connectivity index (χ0n) is 10.6. The quantitative estimate of drug-likeness (QED) is 0.605. The summed E-state index contributed by atoms with van der Waals surface area (Å²) in [6.45, 7) is 0. The molecule has 2 rings (SSSR count). The van der Waals surface area contributed by atoms with E-state index >= 15 is 0 Å². The molecule has 0 saturated carbocycles. The molecule has 0 bridgehead atoms. The van der Waals surface area contributed by atoms with Crippen molar-refractivity contribution >= 4 is 45.4 Å². The Bertz CT molecular complexity index is 747. The van der Waals surface area contributed by atoms with Gasteiger partial charge in [0.2, 0.25) is 0 Å². The van der Waals surface area contributed by atoms with Gasteiger partial charge in [0.1, 0.15) is 10.0 Å². The third-order valence-electron chi connectivity index (χ3n) is 2.66. The maximum atomic E-state index is 12.4. The van der Waals surface area contributed by atoms with E-state index in [1.807, 2.05) is 0 Å². The monoisotopic (exact) mass is 360 g/mol. The first-order chi connectivity index (χ1) is 10.3. The first kappa shape index (κ1) is 16.3. The van der Waals surface area contributed by atoms with E-state index in [9.17, 15) is 24.4 Å². The molecule has 2 aromatic carbocycles. The lowest BCUT2D eigenvalue weighted by molar-refractivity contribution is -0.385. The van der Waals surface area contributed by atoms with Gasteiger partial charge in [-0.05, 0) is 24.3 Å². The predicted molar refractivity (Wildman–Crippen MR) is 80.9 cm³/mol. The molecule has 0 amide bonds. The molecule has 7 nitrogen and oxygen atoms in total. The van der Waals surface area contributed by atoms with E-state index < -0.39 is 32.0 Å². The highest BCUT2D eigenvalue weighted by molar-refractivity contribution is 7.85. The van der Waals surface area contributed by atoms with Crippen LogP contribution in [-0.4, -0.2) is 14.1 Å². The van der Waals surface area contributed by atoms with Crippen molar-refractivity contribution in [3.8, 4) is 0 Å². The van der Waals surface area contributed by atoms with Crippen molar-refractivity contribution < 1.29 is 14.1 Å². The molecule has 0 N–H and O–H groups in total. The van der Waals surface area contributed by atoms with E-state index in [4.69, 9.17) is 23.2 Å². The highest BCUT2D eigenvalue weighted by Crippen LogP contribution is 2.31. The molecular formula is C12H6Cl2N2O5S. The number of hydrogen-bond acceptors (Lipinski definition) is 5. The van der Waals surface area contributed by atoms with Crippen LogP contribution in [0.2, 0.25) is 10.0 Å². The minimum atomic E-state index is -1.84. The van der Waals surface area contributed by atoms with E-state index in [1.54, 1.807) is 0 Å². The summed E-state index contributed by atoms with van der Waals surface area (Å²) in [5.74, 6) is 0. The molecule has 0 unspecified atom stereocenters. The van der Waals surface area contributed by atoms with E-state index in [1.165, 1.54) is 24.3 Å². The van der Waals surface area contributed by atoms with Crippen LogP contribution in [-0.2, 0) is 10.8 Å². The van der Waals surface area contributed by atoms with Crippen molar-refractivity contribution in [1.82, 2.24) is 0 Å². The molecule has 0 radical (unpaired) electrons. The SMILES string of the molecule is O=[N+]([O-])c1cc(S(=O)c2ccc(Cl)c([N+](=O)[O-])c2)ccc1Cl. The fourth-order valence-electron chi connectivity index (χ4n) is 1.63. The van der Waals surface area contributed by atoms with Crippen LogP contribution in [0.15, 0.2) is 46.2 Å². The van der Waals surface area contributed by atoms with Gasteiger partial charge < -0.3 is 0 Å². The van der Waals surface area contributed by atoms with Crippen molar-refractivity contribution in [1.29, 1.82) is 0 Å². The molecule has 0 fully saturated rings. The van der Waals surface area contributed by atoms with Gasteiger partial charge in [-0.15, -0.1) is 0 Å². The van der Waals surface area contributed by atoms with Crippen molar-refractivity contribution in [2.75, 3.05) is 0 Å². The average Bonchev–Trinajstić information content (AvgIpc) is 2.47. The second-order valence-electron chi connectivity index (χ2n) is 4.01. The average molecular weight is 361 g/mol. The number of nitro benzene ring substituents is 2. The molecule has 0 spiro atoms. The lowest BCUT2D eigenvalue weighted by Crippen LogP contribution is -1.97. The number of nitrogens with zero attached hydrogens (tertiary/aromatic N) is 2. The second kappa shape index (κ2) is 6.39. The molecular weight excluding hydrogens is 355 g/mol. The zero-order valence-corrected chi connectivity index (χ0v) is 12.9. The molecule has 0 aliphatic heterocycles. The lowest BCUT2D eigenvalue weighted by atomic mass is 10.3. The lowest BCUT2D eigenvalue weighted by Gasteiger charge is -2.04. The molecule has 114 valence electrons. The van der Waals surface area contributed by atoms with Gasteiger partial charge in [-0.2, -0.15) is 0 Å². The van der Waals surface area contributed by atoms with Gasteiger partial charge in [0, 0.05) is 12.1 Å². The van der Waals surface area contributed by atoms with Gasteiger partial charge in [-0.3, -0.25) is 20.2 Å². The van der Waals surface area contributed by atoms with Gasteiger partial charge in [0.15, 0.2) is 0 Å². The van der Waals surface area contributed by atoms with Gasteiger partial charge in [0.05, 0.1) is 30.4 Å². The van der Waals surface area contributed by atoms with Crippen LogP contribution in [0.1, 0.15) is 0 Å². The minimum Gasteiger partial charge on any atom is -0.258 e. The van der Waals surface area contributed by atoms with Crippen molar-refractivity contribution in [2.45, 2.75) is 9.79 Å². The Morgan fingerprint density at radius 2 is 1.18 bits per heavy atom. The van der Waals surface area contributed by atoms with Gasteiger partial charge in [-0.25, -0.2) is 4.21 Å². The Labute approximate surface area is 136 Å². The smallest absolute Gasteiger partial charge is 0.258 e. The van der Waals surface area contributed by atoms with Crippen LogP contribution < -0.4 is 0 Å². The number of nitro groups is 2. The molecule has 10 heteroatoms. The largest absolute Gasteiger partial charge is 0.289 e. The highest BCUT2D eigenvalue weighted by atomic mass is 35.5. The summed E-state index contributed by atoms with van der Waals surface area (Å²) in [4.78, 5) is 20.5. The van der Waals surface area contributed by atoms with Crippen molar-refractivity contribution in [2.24, 2.45) is 0 Å². The maximum Gasteiger partial charge on any atom is 0.289 e. The van der Waals surface area contributed by atoms with Gasteiger partial charge in [0.25, 0.3) is 11.4 Å². The van der Waals surface area contributed by atoms with Crippen LogP contribution in [0.4, 0.5) is 11.4 Å². The summed E-state index contributed by atoms with van der Waals surface area (Å²) in [5.41, 5.74) is -0.785. The molecule has 0 heterocycles. The van der Waals surface area contributed by atoms with Crippen LogP contribution >= 0.6 is 23.2 Å². The molecule has 0 saturated heterocycles. The third kappa shape index (κ3) is 3.24. The van der Waals surface area contributed by atoms with E-state index in [0.29, 0.717) is 0 Å². The van der Waals surface area contributed by atoms with E-state index in [0.717, 1.165) is 12.1 Å². The topological polar surface area (TPSA) is 103 Å². The molecule has 0 aliphatic carbocycles. The van der Waals surface area contributed by atoms with Crippen molar-refractivity contribution in [3.05, 3.63) is 66.7 Å². The maximum absolute atomic E-state index is 12.4. The molecule has 2 aromatic rings. The highest BCUT2D eigenvalue weighted by Gasteiger charge is 2.19. The summed E-state index contributed by atoms with van der Waals surface area (Å²) in [7, 11) is -1.84. The van der Waals surface area contributed by atoms with Gasteiger partial charge in [-0.1, -0.05) is 23.2 Å². The normalized spacial score (nSPS) is 10.7. The number of benzene rings is 2. The Hall–Kier alpha value is -2.03. The summed E-state index contributed by atoms with van der Waals surface area (Å²) >= 11 is 11.4. The number of hydrogen-bond donors (Lipinski definition) is 0. The van der Waals surface area contributed by atoms with Crippen molar-refractivity contribution in [3.63, 3.8) is 0 Å². The van der Waals surface area contributed by atoms with Crippen LogP contribution in [0.25, 0.3) is 0 Å². The Morgan fingerprint density at radius 3 is 1.50 bits per heavy atom. The molecule has 0 atom stereocenters. The molecule has 22 heavy (non-hydrogen) atoms. The van der Waals surface area contributed by atoms with Crippen LogP contribution in [0.3, 0.4) is 0 Å². The van der Waals surface area contributed by atoms with Crippen LogP contribution in [0, 0.1) is 20.2 Å². The van der Waals surface area contributed by atoms with E-state index in [-0.39, 0.29) is 19.8 Å². The Morgan fingerprint density at radius 1 is 0.818 bits per heavy atom. The summed E-state index contributed by atoms with van der Waals surface area (Å²) in [5, 5.41) is 21.5.